The quantitative estimate of drug-likeness (QED) is 0.828. The lowest BCUT2D eigenvalue weighted by Crippen LogP contribution is -2.65. The highest BCUT2D eigenvalue weighted by molar-refractivity contribution is 6.30. The molecule has 0 saturated carbocycles. The van der Waals surface area contributed by atoms with Gasteiger partial charge < -0.3 is 19.5 Å². The molecule has 0 aromatic heterocycles. The largest absolute Gasteiger partial charge is 0.497 e. The number of rotatable bonds is 3. The Hall–Kier alpha value is -2.81. The fourth-order valence-corrected chi connectivity index (χ4v) is 2.39. The molecule has 26 heavy (non-hydrogen) atoms. The van der Waals surface area contributed by atoms with Crippen LogP contribution in [0.2, 0.25) is 5.02 Å². The second-order valence-electron chi connectivity index (χ2n) is 5.22. The number of urea groups is 1. The summed E-state index contributed by atoms with van der Waals surface area (Å²) < 4.78 is 55.4. The molecule has 0 radical (unpaired) electrons. The first-order valence-corrected chi connectivity index (χ1v) is 7.58. The van der Waals surface area contributed by atoms with Gasteiger partial charge >= 0.3 is 18.1 Å². The van der Waals surface area contributed by atoms with E-state index in [0.29, 0.717) is 5.75 Å². The number of carbonyl (C=O) groups is 1. The minimum absolute atomic E-state index is 0.158. The number of nitrogens with one attached hydrogen (secondary N) is 2. The molecule has 2 amide bonds. The normalized spacial score (nSPS) is 18.3. The number of amides is 2. The van der Waals surface area contributed by atoms with Crippen LogP contribution in [0.15, 0.2) is 42.5 Å². The molecule has 1 unspecified atom stereocenters. The minimum Gasteiger partial charge on any atom is -0.497 e. The summed E-state index contributed by atoms with van der Waals surface area (Å²) in [6.45, 7) is 0. The summed E-state index contributed by atoms with van der Waals surface area (Å²) >= 11 is 5.74. The summed E-state index contributed by atoms with van der Waals surface area (Å²) in [6.07, 6.45) is -5.07. The number of hydrogen-bond acceptors (Lipinski definition) is 4. The van der Waals surface area contributed by atoms with E-state index >= 15 is 0 Å². The van der Waals surface area contributed by atoms with Gasteiger partial charge in [-0.2, -0.15) is 13.2 Å². The molecule has 0 spiro atoms. The number of methoxy groups -OCH3 is 1. The summed E-state index contributed by atoms with van der Waals surface area (Å²) in [5, 5.41) is 4.10. The molecule has 1 aliphatic rings. The predicted molar refractivity (Wildman–Crippen MR) is 86.6 cm³/mol. The van der Waals surface area contributed by atoms with Crippen LogP contribution in [-0.4, -0.2) is 25.2 Å². The molecular formula is C16H12ClF3N2O4. The molecule has 0 saturated heterocycles. The van der Waals surface area contributed by atoms with E-state index in [2.05, 4.69) is 5.32 Å². The number of halogens is 4. The molecular weight excluding hydrogens is 377 g/mol. The van der Waals surface area contributed by atoms with Gasteiger partial charge in [-0.15, -0.1) is 0 Å². The number of carbonyl (C=O) groups excluding carboxylic acids is 1. The molecule has 2 aromatic carbocycles. The van der Waals surface area contributed by atoms with Gasteiger partial charge in [0.25, 0.3) is 0 Å². The summed E-state index contributed by atoms with van der Waals surface area (Å²) in [5.41, 5.74) is 0.220. The van der Waals surface area contributed by atoms with Gasteiger partial charge in [0.15, 0.2) is 11.5 Å². The van der Waals surface area contributed by atoms with Gasteiger partial charge in [-0.3, -0.25) is 5.32 Å². The van der Waals surface area contributed by atoms with Crippen LogP contribution in [0.3, 0.4) is 0 Å². The van der Waals surface area contributed by atoms with Crippen molar-refractivity contribution in [2.45, 2.75) is 12.1 Å². The van der Waals surface area contributed by atoms with E-state index in [9.17, 15) is 18.0 Å². The molecule has 0 bridgehead atoms. The van der Waals surface area contributed by atoms with E-state index in [4.69, 9.17) is 25.8 Å². The zero-order chi connectivity index (χ0) is 18.9. The highest BCUT2D eigenvalue weighted by Crippen LogP contribution is 2.46. The average molecular weight is 389 g/mol. The predicted octanol–water partition coefficient (Wildman–Crippen LogP) is 4.16. The Bertz CT molecular complexity index is 846. The molecule has 0 fully saturated rings. The van der Waals surface area contributed by atoms with Crippen molar-refractivity contribution >= 4 is 23.3 Å². The van der Waals surface area contributed by atoms with Crippen LogP contribution in [0.4, 0.5) is 23.7 Å². The minimum atomic E-state index is -5.07. The van der Waals surface area contributed by atoms with E-state index in [1.807, 2.05) is 0 Å². The van der Waals surface area contributed by atoms with Crippen LogP contribution in [0.5, 0.6) is 17.2 Å². The standard InChI is InChI=1S/C16H12ClF3N2O4/c1-24-11-4-2-3-10(8-11)21-14(23)22-16(15(18,19)20)25-12-6-5-9(17)7-13(12)26-16/h2-8H,1H3,(H2,21,22,23). The number of alkyl halides is 3. The fourth-order valence-electron chi connectivity index (χ4n) is 2.23. The Morgan fingerprint density at radius 3 is 2.58 bits per heavy atom. The zero-order valence-corrected chi connectivity index (χ0v) is 13.9. The van der Waals surface area contributed by atoms with Gasteiger partial charge in [0.2, 0.25) is 0 Å². The monoisotopic (exact) mass is 388 g/mol. The fraction of sp³-hybridized carbons (Fsp3) is 0.188. The number of anilines is 1. The van der Waals surface area contributed by atoms with Crippen LogP contribution >= 0.6 is 11.6 Å². The number of fused-ring (bicyclic) bond motifs is 1. The molecule has 1 atom stereocenters. The molecule has 1 aliphatic heterocycles. The number of hydrogen-bond donors (Lipinski definition) is 2. The topological polar surface area (TPSA) is 68.8 Å². The van der Waals surface area contributed by atoms with Crippen molar-refractivity contribution < 1.29 is 32.2 Å². The first-order chi connectivity index (χ1) is 12.2. The summed E-state index contributed by atoms with van der Waals surface area (Å²) in [4.78, 5) is 12.1. The van der Waals surface area contributed by atoms with Gasteiger partial charge in [-0.05, 0) is 24.3 Å². The summed E-state index contributed by atoms with van der Waals surface area (Å²) in [7, 11) is 1.42. The number of ether oxygens (including phenoxy) is 3. The molecule has 0 aliphatic carbocycles. The molecule has 2 N–H and O–H groups in total. The second-order valence-corrected chi connectivity index (χ2v) is 5.66. The molecule has 1 heterocycles. The Morgan fingerprint density at radius 2 is 1.88 bits per heavy atom. The maximum atomic E-state index is 13.6. The summed E-state index contributed by atoms with van der Waals surface area (Å²) in [5.74, 6) is -3.39. The lowest BCUT2D eigenvalue weighted by atomic mass is 10.3. The maximum absolute atomic E-state index is 13.6. The van der Waals surface area contributed by atoms with Gasteiger partial charge in [-0.1, -0.05) is 17.7 Å². The third kappa shape index (κ3) is 3.43. The first-order valence-electron chi connectivity index (χ1n) is 7.20. The van der Waals surface area contributed by atoms with Crippen LogP contribution < -0.4 is 24.8 Å². The highest BCUT2D eigenvalue weighted by atomic mass is 35.5. The van der Waals surface area contributed by atoms with E-state index in [0.717, 1.165) is 6.07 Å². The van der Waals surface area contributed by atoms with E-state index in [-0.39, 0.29) is 22.2 Å². The molecule has 138 valence electrons. The zero-order valence-electron chi connectivity index (χ0n) is 13.2. The molecule has 10 heteroatoms. The third-order valence-electron chi connectivity index (χ3n) is 3.39. The van der Waals surface area contributed by atoms with Crippen molar-refractivity contribution in [3.8, 4) is 17.2 Å². The molecule has 2 aromatic rings. The molecule has 6 nitrogen and oxygen atoms in total. The maximum Gasteiger partial charge on any atom is 0.492 e. The van der Waals surface area contributed by atoms with Gasteiger partial charge in [-0.25, -0.2) is 4.79 Å². The van der Waals surface area contributed by atoms with Crippen LogP contribution in [0.25, 0.3) is 0 Å². The molecule has 3 rings (SSSR count). The van der Waals surface area contributed by atoms with Gasteiger partial charge in [0, 0.05) is 22.8 Å². The van der Waals surface area contributed by atoms with E-state index in [1.165, 1.54) is 31.4 Å². The average Bonchev–Trinajstić information content (AvgIpc) is 2.93. The first kappa shape index (κ1) is 18.0. The van der Waals surface area contributed by atoms with E-state index < -0.39 is 18.1 Å². The smallest absolute Gasteiger partial charge is 0.492 e. The number of benzene rings is 2. The van der Waals surface area contributed by atoms with E-state index in [1.54, 1.807) is 17.4 Å². The Morgan fingerprint density at radius 1 is 1.15 bits per heavy atom. The lowest BCUT2D eigenvalue weighted by molar-refractivity contribution is -0.317. The van der Waals surface area contributed by atoms with Crippen molar-refractivity contribution in [1.82, 2.24) is 5.32 Å². The lowest BCUT2D eigenvalue weighted by Gasteiger charge is -2.29. The Balaban J connectivity index is 1.81. The summed E-state index contributed by atoms with van der Waals surface area (Å²) in [6, 6.07) is 8.62. The highest BCUT2D eigenvalue weighted by Gasteiger charge is 2.65. The Labute approximate surface area is 150 Å². The van der Waals surface area contributed by atoms with Crippen LogP contribution in [0, 0.1) is 0 Å². The second kappa shape index (κ2) is 6.49. The van der Waals surface area contributed by atoms with Crippen molar-refractivity contribution in [2.75, 3.05) is 12.4 Å². The third-order valence-corrected chi connectivity index (χ3v) is 3.63. The van der Waals surface area contributed by atoms with Crippen molar-refractivity contribution in [1.29, 1.82) is 0 Å². The van der Waals surface area contributed by atoms with Gasteiger partial charge in [0.05, 0.1) is 7.11 Å². The Kier molecular flexibility index (Phi) is 4.49. The van der Waals surface area contributed by atoms with Gasteiger partial charge in [0.1, 0.15) is 5.75 Å². The van der Waals surface area contributed by atoms with Crippen LogP contribution in [0.1, 0.15) is 0 Å². The van der Waals surface area contributed by atoms with Crippen molar-refractivity contribution in [3.63, 3.8) is 0 Å². The van der Waals surface area contributed by atoms with Crippen molar-refractivity contribution in [3.05, 3.63) is 47.5 Å². The van der Waals surface area contributed by atoms with Crippen molar-refractivity contribution in [2.24, 2.45) is 0 Å². The SMILES string of the molecule is COc1cccc(NC(=O)NC2(C(F)(F)F)Oc3ccc(Cl)cc3O2)c1. The van der Waals surface area contributed by atoms with Crippen LogP contribution in [-0.2, 0) is 0 Å².